The molecule has 3 aromatic rings. The Balaban J connectivity index is 1.30. The Labute approximate surface area is 197 Å². The average molecular weight is 472 g/mol. The lowest BCUT2D eigenvalue weighted by molar-refractivity contribution is -0.179. The van der Waals surface area contributed by atoms with E-state index in [2.05, 4.69) is 25.2 Å². The molecule has 7 nitrogen and oxygen atoms in total. The molecule has 0 amide bonds. The summed E-state index contributed by atoms with van der Waals surface area (Å²) >= 11 is 7.90. The van der Waals surface area contributed by atoms with Crippen LogP contribution in [-0.2, 0) is 9.47 Å². The van der Waals surface area contributed by atoms with Crippen LogP contribution in [0.3, 0.4) is 0 Å². The van der Waals surface area contributed by atoms with Gasteiger partial charge >= 0.3 is 0 Å². The second kappa shape index (κ2) is 10.1. The van der Waals surface area contributed by atoms with E-state index in [0.29, 0.717) is 12.4 Å². The molecule has 3 unspecified atom stereocenters. The molecule has 0 aliphatic carbocycles. The maximum atomic E-state index is 6.49. The van der Waals surface area contributed by atoms with Gasteiger partial charge in [-0.05, 0) is 30.5 Å². The van der Waals surface area contributed by atoms with Gasteiger partial charge in [-0.25, -0.2) is 9.97 Å². The van der Waals surface area contributed by atoms with Crippen LogP contribution in [0, 0.1) is 0 Å². The number of aromatic nitrogens is 3. The summed E-state index contributed by atoms with van der Waals surface area (Å²) in [5.74, 6) is 1.67. The van der Waals surface area contributed by atoms with Crippen LogP contribution >= 0.6 is 23.1 Å². The Morgan fingerprint density at radius 2 is 1.81 bits per heavy atom. The Kier molecular flexibility index (Phi) is 6.83. The van der Waals surface area contributed by atoms with E-state index in [9.17, 15) is 0 Å². The highest BCUT2D eigenvalue weighted by Gasteiger charge is 2.31. The number of piperazine rings is 1. The summed E-state index contributed by atoms with van der Waals surface area (Å²) in [4.78, 5) is 13.9. The van der Waals surface area contributed by atoms with Crippen LogP contribution in [0.25, 0.3) is 0 Å². The predicted octanol–water partition coefficient (Wildman–Crippen LogP) is 4.11. The van der Waals surface area contributed by atoms with Gasteiger partial charge in [0.25, 0.3) is 0 Å². The summed E-state index contributed by atoms with van der Waals surface area (Å²) in [5, 5.41) is 0.741. The molecule has 0 saturated carbocycles. The van der Waals surface area contributed by atoms with Crippen molar-refractivity contribution < 1.29 is 9.47 Å². The molecule has 3 atom stereocenters. The number of hydrogen-bond acceptors (Lipinski definition) is 8. The van der Waals surface area contributed by atoms with E-state index in [-0.39, 0.29) is 5.38 Å². The minimum Gasteiger partial charge on any atom is -0.353 e. The maximum absolute atomic E-state index is 6.49. The van der Waals surface area contributed by atoms with Crippen molar-refractivity contribution in [3.8, 4) is 0 Å². The summed E-state index contributed by atoms with van der Waals surface area (Å²) in [6.45, 7) is 4.20. The van der Waals surface area contributed by atoms with E-state index in [1.54, 1.807) is 0 Å². The normalized spacial score (nSPS) is 22.7. The second-order valence-electron chi connectivity index (χ2n) is 7.92. The molecular formula is C23H26ClN5O2S. The Morgan fingerprint density at radius 1 is 1.03 bits per heavy atom. The largest absolute Gasteiger partial charge is 0.353 e. The van der Waals surface area contributed by atoms with E-state index in [0.717, 1.165) is 55.5 Å². The zero-order valence-corrected chi connectivity index (χ0v) is 19.3. The van der Waals surface area contributed by atoms with Crippen LogP contribution in [0.2, 0.25) is 0 Å². The van der Waals surface area contributed by atoms with Crippen molar-refractivity contribution in [2.24, 2.45) is 0 Å². The van der Waals surface area contributed by atoms with Gasteiger partial charge in [0.15, 0.2) is 12.1 Å². The monoisotopic (exact) mass is 471 g/mol. The number of hydrogen-bond donors (Lipinski definition) is 0. The first-order chi connectivity index (χ1) is 15.8. The smallest absolute Gasteiger partial charge is 0.205 e. The highest BCUT2D eigenvalue weighted by atomic mass is 35.5. The Bertz CT molecular complexity index is 984. The number of alkyl halides is 1. The molecule has 2 fully saturated rings. The fraction of sp³-hybridized carbons (Fsp3) is 0.435. The van der Waals surface area contributed by atoms with Gasteiger partial charge < -0.3 is 19.3 Å². The van der Waals surface area contributed by atoms with Crippen LogP contribution < -0.4 is 9.80 Å². The fourth-order valence-corrected chi connectivity index (χ4v) is 5.05. The molecule has 0 N–H and O–H groups in total. The van der Waals surface area contributed by atoms with Gasteiger partial charge in [0, 0.05) is 50.5 Å². The van der Waals surface area contributed by atoms with Gasteiger partial charge in [0.05, 0.1) is 5.38 Å². The Morgan fingerprint density at radius 3 is 2.56 bits per heavy atom. The number of anilines is 2. The predicted molar refractivity (Wildman–Crippen MR) is 127 cm³/mol. The van der Waals surface area contributed by atoms with E-state index in [4.69, 9.17) is 26.1 Å². The van der Waals surface area contributed by atoms with Crippen LogP contribution in [-0.4, -0.2) is 58.8 Å². The van der Waals surface area contributed by atoms with Crippen molar-refractivity contribution in [3.05, 3.63) is 66.1 Å². The van der Waals surface area contributed by atoms with Crippen LogP contribution in [0.1, 0.15) is 30.3 Å². The standard InChI is InChI=1S/C23H26ClN5O2S/c24-18-9-6-16-30-22(18)31-20(17-7-2-1-3-8-17)21-26-23(32-27-21)29-14-12-28(13-15-29)19-10-4-5-11-25-19/h1-5,7-8,10-11,18,20,22H,6,9,12-16H2. The third-order valence-electron chi connectivity index (χ3n) is 5.76. The molecule has 5 rings (SSSR count). The molecule has 9 heteroatoms. The number of ether oxygens (including phenoxy) is 2. The van der Waals surface area contributed by atoms with Crippen LogP contribution in [0.15, 0.2) is 54.7 Å². The van der Waals surface area contributed by atoms with Gasteiger partial charge in [0.2, 0.25) is 5.13 Å². The minimum absolute atomic E-state index is 0.173. The van der Waals surface area contributed by atoms with Crippen molar-refractivity contribution in [2.45, 2.75) is 30.6 Å². The van der Waals surface area contributed by atoms with E-state index < -0.39 is 12.4 Å². The molecule has 1 aromatic carbocycles. The fourth-order valence-electron chi connectivity index (χ4n) is 4.02. The molecule has 0 spiro atoms. The number of nitrogens with zero attached hydrogens (tertiary/aromatic N) is 5. The molecule has 168 valence electrons. The second-order valence-corrected chi connectivity index (χ2v) is 9.21. The highest BCUT2D eigenvalue weighted by Crippen LogP contribution is 2.32. The van der Waals surface area contributed by atoms with Crippen LogP contribution in [0.5, 0.6) is 0 Å². The van der Waals surface area contributed by atoms with E-state index in [1.807, 2.05) is 48.7 Å². The number of benzene rings is 1. The molecule has 2 aromatic heterocycles. The zero-order chi connectivity index (χ0) is 21.8. The van der Waals surface area contributed by atoms with Crippen molar-refractivity contribution in [1.29, 1.82) is 0 Å². The van der Waals surface area contributed by atoms with Crippen molar-refractivity contribution >= 4 is 34.1 Å². The third-order valence-corrected chi connectivity index (χ3v) is 6.98. The first-order valence-electron chi connectivity index (χ1n) is 11.0. The molecule has 0 bridgehead atoms. The molecule has 4 heterocycles. The van der Waals surface area contributed by atoms with Crippen molar-refractivity contribution in [1.82, 2.24) is 14.3 Å². The van der Waals surface area contributed by atoms with Gasteiger partial charge in [-0.2, -0.15) is 4.37 Å². The topological polar surface area (TPSA) is 63.6 Å². The lowest BCUT2D eigenvalue weighted by Crippen LogP contribution is -2.46. The highest BCUT2D eigenvalue weighted by molar-refractivity contribution is 7.09. The average Bonchev–Trinajstić information content (AvgIpc) is 3.35. The molecule has 2 saturated heterocycles. The summed E-state index contributed by atoms with van der Waals surface area (Å²) in [6, 6.07) is 16.1. The molecular weight excluding hydrogens is 446 g/mol. The first-order valence-corrected chi connectivity index (χ1v) is 12.2. The minimum atomic E-state index is -0.468. The number of halogens is 1. The lowest BCUT2D eigenvalue weighted by atomic mass is 10.1. The van der Waals surface area contributed by atoms with Gasteiger partial charge in [0.1, 0.15) is 11.9 Å². The van der Waals surface area contributed by atoms with E-state index >= 15 is 0 Å². The third kappa shape index (κ3) is 4.88. The van der Waals surface area contributed by atoms with Gasteiger partial charge in [-0.15, -0.1) is 11.6 Å². The quantitative estimate of drug-likeness (QED) is 0.501. The van der Waals surface area contributed by atoms with Gasteiger partial charge in [-0.3, -0.25) is 0 Å². The summed E-state index contributed by atoms with van der Waals surface area (Å²) in [6.07, 6.45) is 2.78. The Hall–Kier alpha value is -2.26. The summed E-state index contributed by atoms with van der Waals surface area (Å²) < 4.78 is 16.8. The van der Waals surface area contributed by atoms with Crippen molar-refractivity contribution in [3.63, 3.8) is 0 Å². The van der Waals surface area contributed by atoms with E-state index in [1.165, 1.54) is 11.5 Å². The summed E-state index contributed by atoms with van der Waals surface area (Å²) in [7, 11) is 0. The zero-order valence-electron chi connectivity index (χ0n) is 17.7. The SMILES string of the molecule is ClC1CCCOC1OC(c1ccccc1)c1nsc(N2CCN(c3ccccn3)CC2)n1. The molecule has 32 heavy (non-hydrogen) atoms. The molecule has 2 aliphatic rings. The maximum Gasteiger partial charge on any atom is 0.205 e. The molecule has 2 aliphatic heterocycles. The number of rotatable bonds is 6. The molecule has 0 radical (unpaired) electrons. The lowest BCUT2D eigenvalue weighted by Gasteiger charge is -2.35. The first kappa shape index (κ1) is 21.6. The van der Waals surface area contributed by atoms with Crippen LogP contribution in [0.4, 0.5) is 10.9 Å². The summed E-state index contributed by atoms with van der Waals surface area (Å²) in [5.41, 5.74) is 0.995. The van der Waals surface area contributed by atoms with Crippen molar-refractivity contribution in [2.75, 3.05) is 42.6 Å². The number of pyridine rings is 1. The van der Waals surface area contributed by atoms with Gasteiger partial charge in [-0.1, -0.05) is 36.4 Å².